The maximum absolute atomic E-state index is 11.6. The summed E-state index contributed by atoms with van der Waals surface area (Å²) >= 11 is 0. The molecule has 0 aliphatic carbocycles. The predicted octanol–water partition coefficient (Wildman–Crippen LogP) is 3.11. The standard InChI is InChI=1S/C24H28N2O4/c1-29-22-7-3-2-5-18(22)6-4-13-26-14-12-23(21(27)16-26)30-19-10-8-17-9-11-24(28)25-20(17)15-19/h2-8,10,15,21,23,27H,9,11-14,16H2,1H3,(H,25,28)/b6-4+/t21-,23-/m1/s1. The third kappa shape index (κ3) is 4.83. The molecule has 2 N–H and O–H groups in total. The van der Waals surface area contributed by atoms with Gasteiger partial charge in [0, 0.05) is 43.4 Å². The van der Waals surface area contributed by atoms with Gasteiger partial charge in [-0.1, -0.05) is 36.4 Å². The van der Waals surface area contributed by atoms with Crippen molar-refractivity contribution < 1.29 is 19.4 Å². The van der Waals surface area contributed by atoms with E-state index in [1.807, 2.05) is 42.5 Å². The average molecular weight is 408 g/mol. The van der Waals surface area contributed by atoms with Gasteiger partial charge in [-0.3, -0.25) is 9.69 Å². The van der Waals surface area contributed by atoms with Crippen molar-refractivity contribution >= 4 is 17.7 Å². The molecule has 1 amide bonds. The van der Waals surface area contributed by atoms with E-state index < -0.39 is 6.10 Å². The smallest absolute Gasteiger partial charge is 0.224 e. The second kappa shape index (κ2) is 9.32. The number of ether oxygens (including phenoxy) is 2. The van der Waals surface area contributed by atoms with E-state index in [1.54, 1.807) is 7.11 Å². The first-order valence-corrected chi connectivity index (χ1v) is 10.4. The van der Waals surface area contributed by atoms with Crippen LogP contribution in [0.4, 0.5) is 5.69 Å². The molecule has 0 spiro atoms. The van der Waals surface area contributed by atoms with E-state index in [1.165, 1.54) is 0 Å². The Balaban J connectivity index is 1.31. The number of hydrogen-bond donors (Lipinski definition) is 2. The highest BCUT2D eigenvalue weighted by Crippen LogP contribution is 2.29. The van der Waals surface area contributed by atoms with Crippen LogP contribution in [0.2, 0.25) is 0 Å². The fourth-order valence-electron chi connectivity index (χ4n) is 4.01. The summed E-state index contributed by atoms with van der Waals surface area (Å²) in [6, 6.07) is 13.7. The topological polar surface area (TPSA) is 71.0 Å². The largest absolute Gasteiger partial charge is 0.496 e. The molecule has 2 aromatic rings. The molecule has 2 aromatic carbocycles. The first kappa shape index (κ1) is 20.4. The van der Waals surface area contributed by atoms with Crippen molar-refractivity contribution in [3.8, 4) is 11.5 Å². The van der Waals surface area contributed by atoms with Crippen molar-refractivity contribution in [3.63, 3.8) is 0 Å². The number of nitrogens with one attached hydrogen (secondary N) is 1. The van der Waals surface area contributed by atoms with Crippen LogP contribution in [0.25, 0.3) is 6.08 Å². The zero-order valence-corrected chi connectivity index (χ0v) is 17.2. The Labute approximate surface area is 177 Å². The first-order valence-electron chi connectivity index (χ1n) is 10.4. The fraction of sp³-hybridized carbons (Fsp3) is 0.375. The summed E-state index contributed by atoms with van der Waals surface area (Å²) in [6.07, 6.45) is 5.35. The molecule has 0 aromatic heterocycles. The highest BCUT2D eigenvalue weighted by Gasteiger charge is 2.29. The Kier molecular flexibility index (Phi) is 6.35. The van der Waals surface area contributed by atoms with Crippen LogP contribution in [-0.2, 0) is 11.2 Å². The number of hydrogen-bond acceptors (Lipinski definition) is 5. The van der Waals surface area contributed by atoms with Crippen LogP contribution in [0.3, 0.4) is 0 Å². The summed E-state index contributed by atoms with van der Waals surface area (Å²) in [5.74, 6) is 1.57. The minimum Gasteiger partial charge on any atom is -0.496 e. The molecule has 2 atom stereocenters. The summed E-state index contributed by atoms with van der Waals surface area (Å²) in [5.41, 5.74) is 2.98. The molecule has 0 saturated carbocycles. The van der Waals surface area contributed by atoms with Gasteiger partial charge in [0.25, 0.3) is 0 Å². The molecule has 6 heteroatoms. The van der Waals surface area contributed by atoms with Crippen LogP contribution in [0.5, 0.6) is 11.5 Å². The van der Waals surface area contributed by atoms with Gasteiger partial charge in [0.15, 0.2) is 0 Å². The molecule has 30 heavy (non-hydrogen) atoms. The lowest BCUT2D eigenvalue weighted by atomic mass is 10.0. The van der Waals surface area contributed by atoms with Gasteiger partial charge in [-0.05, 0) is 30.5 Å². The Morgan fingerprint density at radius 1 is 1.23 bits per heavy atom. The number of aliphatic hydroxyl groups excluding tert-OH is 1. The minimum atomic E-state index is -0.566. The molecule has 4 rings (SSSR count). The number of benzene rings is 2. The van der Waals surface area contributed by atoms with Crippen molar-refractivity contribution in [2.24, 2.45) is 0 Å². The monoisotopic (exact) mass is 408 g/mol. The Hall–Kier alpha value is -2.83. The minimum absolute atomic E-state index is 0.0363. The number of nitrogens with zero attached hydrogens (tertiary/aromatic N) is 1. The number of methoxy groups -OCH3 is 1. The molecule has 1 saturated heterocycles. The number of rotatable bonds is 6. The SMILES string of the molecule is COc1ccccc1/C=C/CN1CC[C@@H](Oc2ccc3c(c2)NC(=O)CC3)[C@H](O)C1. The highest BCUT2D eigenvalue weighted by molar-refractivity contribution is 5.94. The van der Waals surface area contributed by atoms with Crippen LogP contribution in [0.1, 0.15) is 24.0 Å². The summed E-state index contributed by atoms with van der Waals surface area (Å²) in [5, 5.41) is 13.5. The van der Waals surface area contributed by atoms with Gasteiger partial charge in [0.05, 0.1) is 7.11 Å². The molecular formula is C24H28N2O4. The number of aliphatic hydroxyl groups is 1. The van der Waals surface area contributed by atoms with Crippen LogP contribution in [0.15, 0.2) is 48.5 Å². The Bertz CT molecular complexity index is 927. The number of anilines is 1. The van der Waals surface area contributed by atoms with E-state index in [9.17, 15) is 9.90 Å². The maximum Gasteiger partial charge on any atom is 0.224 e. The van der Waals surface area contributed by atoms with Gasteiger partial charge in [0.2, 0.25) is 5.91 Å². The van der Waals surface area contributed by atoms with Crippen LogP contribution >= 0.6 is 0 Å². The van der Waals surface area contributed by atoms with E-state index >= 15 is 0 Å². The van der Waals surface area contributed by atoms with E-state index in [0.29, 0.717) is 18.7 Å². The molecule has 0 bridgehead atoms. The van der Waals surface area contributed by atoms with Crippen LogP contribution in [0, 0.1) is 0 Å². The first-order chi connectivity index (χ1) is 14.6. The van der Waals surface area contributed by atoms with Gasteiger partial charge >= 0.3 is 0 Å². The van der Waals surface area contributed by atoms with Gasteiger partial charge < -0.3 is 19.9 Å². The number of piperidine rings is 1. The second-order valence-electron chi connectivity index (χ2n) is 7.78. The number of amides is 1. The average Bonchev–Trinajstić information content (AvgIpc) is 2.75. The quantitative estimate of drug-likeness (QED) is 0.769. The molecular weight excluding hydrogens is 380 g/mol. The number of carbonyl (C=O) groups is 1. The summed E-state index contributed by atoms with van der Waals surface area (Å²) < 4.78 is 11.4. The number of aryl methyl sites for hydroxylation is 1. The number of fused-ring (bicyclic) bond motifs is 1. The zero-order valence-electron chi connectivity index (χ0n) is 17.2. The fourth-order valence-corrected chi connectivity index (χ4v) is 4.01. The Morgan fingerprint density at radius 3 is 2.93 bits per heavy atom. The third-order valence-corrected chi connectivity index (χ3v) is 5.67. The Morgan fingerprint density at radius 2 is 2.10 bits per heavy atom. The summed E-state index contributed by atoms with van der Waals surface area (Å²) in [6.45, 7) is 2.16. The lowest BCUT2D eigenvalue weighted by Gasteiger charge is -2.35. The lowest BCUT2D eigenvalue weighted by molar-refractivity contribution is -0.116. The van der Waals surface area contributed by atoms with E-state index in [4.69, 9.17) is 9.47 Å². The molecule has 2 aliphatic rings. The van der Waals surface area contributed by atoms with E-state index in [0.717, 1.165) is 48.5 Å². The van der Waals surface area contributed by atoms with Gasteiger partial charge in [0.1, 0.15) is 23.7 Å². The van der Waals surface area contributed by atoms with E-state index in [2.05, 4.69) is 22.4 Å². The molecule has 0 radical (unpaired) electrons. The molecule has 2 heterocycles. The van der Waals surface area contributed by atoms with Gasteiger partial charge in [-0.25, -0.2) is 0 Å². The summed E-state index contributed by atoms with van der Waals surface area (Å²) in [4.78, 5) is 13.8. The van der Waals surface area contributed by atoms with Crippen LogP contribution in [-0.4, -0.2) is 54.9 Å². The number of carbonyl (C=O) groups excluding carboxylic acids is 1. The van der Waals surface area contributed by atoms with Crippen molar-refractivity contribution in [2.45, 2.75) is 31.5 Å². The van der Waals surface area contributed by atoms with Gasteiger partial charge in [-0.2, -0.15) is 0 Å². The van der Waals surface area contributed by atoms with Crippen LogP contribution < -0.4 is 14.8 Å². The number of likely N-dealkylation sites (tertiary alicyclic amines) is 1. The van der Waals surface area contributed by atoms with Crippen molar-refractivity contribution in [2.75, 3.05) is 32.1 Å². The number of β-amino-alcohol motifs (C(OH)–C–C–N with tert-alkyl or cyclic N) is 1. The molecule has 6 nitrogen and oxygen atoms in total. The molecule has 1 fully saturated rings. The summed E-state index contributed by atoms with van der Waals surface area (Å²) in [7, 11) is 1.67. The molecule has 2 aliphatic heterocycles. The second-order valence-corrected chi connectivity index (χ2v) is 7.78. The van der Waals surface area contributed by atoms with Crippen molar-refractivity contribution in [1.29, 1.82) is 0 Å². The zero-order chi connectivity index (χ0) is 20.9. The molecule has 158 valence electrons. The predicted molar refractivity (Wildman–Crippen MR) is 117 cm³/mol. The maximum atomic E-state index is 11.6. The normalized spacial score (nSPS) is 21.9. The third-order valence-electron chi connectivity index (χ3n) is 5.67. The highest BCUT2D eigenvalue weighted by atomic mass is 16.5. The lowest BCUT2D eigenvalue weighted by Crippen LogP contribution is -2.48. The number of para-hydroxylation sites is 1. The van der Waals surface area contributed by atoms with E-state index in [-0.39, 0.29) is 12.0 Å². The van der Waals surface area contributed by atoms with Crippen molar-refractivity contribution in [3.05, 3.63) is 59.7 Å². The van der Waals surface area contributed by atoms with Crippen molar-refractivity contribution in [1.82, 2.24) is 4.90 Å². The van der Waals surface area contributed by atoms with Gasteiger partial charge in [-0.15, -0.1) is 0 Å². The molecule has 0 unspecified atom stereocenters.